The normalized spacial score (nSPS) is 11.5. The summed E-state index contributed by atoms with van der Waals surface area (Å²) in [4.78, 5) is 29.3. The van der Waals surface area contributed by atoms with E-state index in [4.69, 9.17) is 16.2 Å². The van der Waals surface area contributed by atoms with E-state index >= 15 is 0 Å². The van der Waals surface area contributed by atoms with Gasteiger partial charge in [0.05, 0.1) is 6.61 Å². The van der Waals surface area contributed by atoms with Gasteiger partial charge in [0.25, 0.3) is 0 Å². The van der Waals surface area contributed by atoms with Crippen LogP contribution in [0, 0.1) is 0 Å². The van der Waals surface area contributed by atoms with Crippen molar-refractivity contribution in [2.24, 2.45) is 16.5 Å². The van der Waals surface area contributed by atoms with Gasteiger partial charge in [-0.1, -0.05) is 149 Å². The van der Waals surface area contributed by atoms with Gasteiger partial charge >= 0.3 is 5.97 Å². The SMILES string of the molecule is CCCCCCCCCCCCCCCCOC(=O)[C@H](CCCN=C(N)N)NC(=O)CCCCCCCCCCC.Cl. The number of nitrogens with zero attached hydrogens (tertiary/aromatic N) is 1. The van der Waals surface area contributed by atoms with E-state index in [1.54, 1.807) is 0 Å². The third kappa shape index (κ3) is 31.4. The maximum Gasteiger partial charge on any atom is 0.328 e. The van der Waals surface area contributed by atoms with Gasteiger partial charge in [0.15, 0.2) is 5.96 Å². The van der Waals surface area contributed by atoms with Crippen molar-refractivity contribution in [2.45, 2.75) is 187 Å². The summed E-state index contributed by atoms with van der Waals surface area (Å²) in [6, 6.07) is -0.637. The van der Waals surface area contributed by atoms with Crippen molar-refractivity contribution in [1.82, 2.24) is 5.32 Å². The largest absolute Gasteiger partial charge is 0.464 e. The van der Waals surface area contributed by atoms with Gasteiger partial charge in [-0.2, -0.15) is 0 Å². The Morgan fingerprint density at radius 2 is 1.02 bits per heavy atom. The summed E-state index contributed by atoms with van der Waals surface area (Å²) < 4.78 is 5.55. The summed E-state index contributed by atoms with van der Waals surface area (Å²) in [6.45, 7) is 5.35. The molecule has 8 heteroatoms. The summed E-state index contributed by atoms with van der Waals surface area (Å²) in [7, 11) is 0. The molecule has 0 heterocycles. The third-order valence-electron chi connectivity index (χ3n) is 7.81. The Bertz CT molecular complexity index is 630. The molecule has 0 aliphatic heterocycles. The van der Waals surface area contributed by atoms with Crippen LogP contribution in [0.25, 0.3) is 0 Å². The molecule has 0 unspecified atom stereocenters. The van der Waals surface area contributed by atoms with Gasteiger partial charge < -0.3 is 21.5 Å². The maximum atomic E-state index is 12.7. The van der Waals surface area contributed by atoms with Crippen LogP contribution >= 0.6 is 12.4 Å². The molecule has 5 N–H and O–H groups in total. The lowest BCUT2D eigenvalue weighted by atomic mass is 10.0. The zero-order valence-corrected chi connectivity index (χ0v) is 28.4. The van der Waals surface area contributed by atoms with Crippen molar-refractivity contribution in [3.8, 4) is 0 Å². The lowest BCUT2D eigenvalue weighted by Gasteiger charge is -2.17. The average molecular weight is 617 g/mol. The standard InChI is InChI=1S/C34H68N4O3.ClH/c1-3-5-7-9-11-13-14-15-16-17-19-21-23-25-30-41-33(40)31(27-26-29-37-34(35)36)38-32(39)28-24-22-20-18-12-10-8-6-4-2;/h31H,3-30H2,1-2H3,(H,38,39)(H4,35,36,37);1H/t31-;/m0./s1. The highest BCUT2D eigenvalue weighted by molar-refractivity contribution is 5.85. The van der Waals surface area contributed by atoms with E-state index in [-0.39, 0.29) is 30.2 Å². The second-order valence-electron chi connectivity index (χ2n) is 11.9. The van der Waals surface area contributed by atoms with E-state index in [0.717, 1.165) is 25.7 Å². The number of nitrogens with one attached hydrogen (secondary N) is 1. The molecule has 0 saturated heterocycles. The van der Waals surface area contributed by atoms with Gasteiger partial charge in [-0.15, -0.1) is 12.4 Å². The minimum absolute atomic E-state index is 0. The first kappa shape index (κ1) is 42.6. The zero-order chi connectivity index (χ0) is 30.2. The molecule has 0 aromatic heterocycles. The second kappa shape index (κ2) is 34.0. The predicted octanol–water partition coefficient (Wildman–Crippen LogP) is 8.89. The molecule has 0 fully saturated rings. The molecule has 0 spiro atoms. The molecule has 7 nitrogen and oxygen atoms in total. The van der Waals surface area contributed by atoms with E-state index in [2.05, 4.69) is 24.2 Å². The Labute approximate surface area is 265 Å². The fourth-order valence-electron chi connectivity index (χ4n) is 5.19. The second-order valence-corrected chi connectivity index (χ2v) is 11.9. The molecular formula is C34H69ClN4O3. The number of carbonyl (C=O) groups excluding carboxylic acids is 2. The van der Waals surface area contributed by atoms with Crippen LogP contribution in [0.2, 0.25) is 0 Å². The van der Waals surface area contributed by atoms with Crippen LogP contribution in [-0.2, 0) is 14.3 Å². The summed E-state index contributed by atoms with van der Waals surface area (Å²) in [5, 5.41) is 2.91. The lowest BCUT2D eigenvalue weighted by Crippen LogP contribution is -2.42. The first-order valence-electron chi connectivity index (χ1n) is 17.5. The topological polar surface area (TPSA) is 120 Å². The summed E-state index contributed by atoms with van der Waals surface area (Å²) in [5.74, 6) is -0.380. The van der Waals surface area contributed by atoms with Crippen molar-refractivity contribution < 1.29 is 14.3 Å². The third-order valence-corrected chi connectivity index (χ3v) is 7.81. The van der Waals surface area contributed by atoms with Crippen LogP contribution in [0.15, 0.2) is 4.99 Å². The monoisotopic (exact) mass is 617 g/mol. The Kier molecular flexibility index (Phi) is 34.5. The molecule has 0 saturated carbocycles. The molecule has 0 aromatic carbocycles. The molecule has 250 valence electrons. The number of guanidine groups is 1. The minimum Gasteiger partial charge on any atom is -0.464 e. The van der Waals surface area contributed by atoms with E-state index in [0.29, 0.717) is 32.4 Å². The Hall–Kier alpha value is -1.50. The number of unbranched alkanes of at least 4 members (excludes halogenated alkanes) is 21. The molecule has 0 aliphatic carbocycles. The Morgan fingerprint density at radius 3 is 1.45 bits per heavy atom. The van der Waals surface area contributed by atoms with Crippen LogP contribution in [0.5, 0.6) is 0 Å². The number of carbonyl (C=O) groups is 2. The van der Waals surface area contributed by atoms with Crippen LogP contribution in [0.1, 0.15) is 181 Å². The van der Waals surface area contributed by atoms with E-state index in [1.165, 1.54) is 122 Å². The molecule has 1 atom stereocenters. The highest BCUT2D eigenvalue weighted by Crippen LogP contribution is 2.14. The zero-order valence-electron chi connectivity index (χ0n) is 27.6. The van der Waals surface area contributed by atoms with Crippen molar-refractivity contribution in [1.29, 1.82) is 0 Å². The molecule has 0 rings (SSSR count). The van der Waals surface area contributed by atoms with E-state index < -0.39 is 6.04 Å². The number of nitrogens with two attached hydrogens (primary N) is 2. The Morgan fingerprint density at radius 1 is 0.619 bits per heavy atom. The number of ether oxygens (including phenoxy) is 1. The van der Waals surface area contributed by atoms with Crippen molar-refractivity contribution in [3.05, 3.63) is 0 Å². The highest BCUT2D eigenvalue weighted by atomic mass is 35.5. The average Bonchev–Trinajstić information content (AvgIpc) is 2.95. The van der Waals surface area contributed by atoms with Crippen LogP contribution in [-0.4, -0.2) is 37.0 Å². The van der Waals surface area contributed by atoms with Gasteiger partial charge in [-0.05, 0) is 25.7 Å². The minimum atomic E-state index is -0.637. The van der Waals surface area contributed by atoms with E-state index in [9.17, 15) is 9.59 Å². The van der Waals surface area contributed by atoms with Crippen LogP contribution < -0.4 is 16.8 Å². The van der Waals surface area contributed by atoms with Crippen LogP contribution in [0.3, 0.4) is 0 Å². The quantitative estimate of drug-likeness (QED) is 0.0311. The molecule has 1 amide bonds. The lowest BCUT2D eigenvalue weighted by molar-refractivity contribution is -0.148. The fraction of sp³-hybridized carbons (Fsp3) is 0.912. The van der Waals surface area contributed by atoms with Gasteiger partial charge in [0, 0.05) is 13.0 Å². The van der Waals surface area contributed by atoms with Crippen molar-refractivity contribution in [2.75, 3.05) is 13.2 Å². The first-order valence-corrected chi connectivity index (χ1v) is 17.5. The number of hydrogen-bond acceptors (Lipinski definition) is 4. The van der Waals surface area contributed by atoms with Crippen molar-refractivity contribution >= 4 is 30.2 Å². The summed E-state index contributed by atoms with van der Waals surface area (Å²) in [6.07, 6.45) is 30.5. The van der Waals surface area contributed by atoms with Gasteiger partial charge in [-0.25, -0.2) is 4.79 Å². The molecule has 0 radical (unpaired) electrons. The summed E-state index contributed by atoms with van der Waals surface area (Å²) >= 11 is 0. The number of rotatable bonds is 31. The molecule has 42 heavy (non-hydrogen) atoms. The van der Waals surface area contributed by atoms with Crippen LogP contribution in [0.4, 0.5) is 0 Å². The number of amides is 1. The van der Waals surface area contributed by atoms with Gasteiger partial charge in [0.1, 0.15) is 6.04 Å². The fourth-order valence-corrected chi connectivity index (χ4v) is 5.19. The van der Waals surface area contributed by atoms with Gasteiger partial charge in [0.2, 0.25) is 5.91 Å². The molecule has 0 aromatic rings. The molecule has 0 aliphatic rings. The van der Waals surface area contributed by atoms with Gasteiger partial charge in [-0.3, -0.25) is 9.79 Å². The summed E-state index contributed by atoms with van der Waals surface area (Å²) in [5.41, 5.74) is 10.8. The highest BCUT2D eigenvalue weighted by Gasteiger charge is 2.21. The van der Waals surface area contributed by atoms with Crippen molar-refractivity contribution in [3.63, 3.8) is 0 Å². The number of aliphatic imine (C=N–C) groups is 1. The first-order chi connectivity index (χ1) is 20.0. The Balaban J connectivity index is 0. The number of hydrogen-bond donors (Lipinski definition) is 3. The smallest absolute Gasteiger partial charge is 0.328 e. The maximum absolute atomic E-state index is 12.7. The molecule has 0 bridgehead atoms. The number of esters is 1. The van der Waals surface area contributed by atoms with E-state index in [1.807, 2.05) is 0 Å². The predicted molar refractivity (Wildman–Crippen MR) is 182 cm³/mol. The molecular weight excluding hydrogens is 548 g/mol. The number of halogens is 1.